The van der Waals surface area contributed by atoms with Crippen molar-refractivity contribution in [1.29, 1.82) is 0 Å². The van der Waals surface area contributed by atoms with Gasteiger partial charge in [-0.15, -0.1) is 0 Å². The third kappa shape index (κ3) is 2.86. The molecule has 132 valence electrons. The number of benzene rings is 1. The summed E-state index contributed by atoms with van der Waals surface area (Å²) in [5.74, 6) is 0.510. The monoisotopic (exact) mass is 339 g/mol. The largest absolute Gasteiger partial charge is 0.377 e. The van der Waals surface area contributed by atoms with E-state index in [1.807, 2.05) is 34.7 Å². The second kappa shape index (κ2) is 6.64. The van der Waals surface area contributed by atoms with E-state index in [4.69, 9.17) is 9.84 Å². The van der Waals surface area contributed by atoms with Crippen LogP contribution in [0.2, 0.25) is 0 Å². The van der Waals surface area contributed by atoms with E-state index in [-0.39, 0.29) is 12.0 Å². The summed E-state index contributed by atoms with van der Waals surface area (Å²) in [5.41, 5.74) is 4.24. The van der Waals surface area contributed by atoms with Gasteiger partial charge in [0.05, 0.1) is 30.6 Å². The number of amides is 1. The second-order valence-electron chi connectivity index (χ2n) is 7.08. The molecule has 0 N–H and O–H groups in total. The third-order valence-electron chi connectivity index (χ3n) is 5.55. The molecule has 0 bridgehead atoms. The number of ether oxygens (including phenoxy) is 1. The first kappa shape index (κ1) is 16.3. The minimum Gasteiger partial charge on any atom is -0.377 e. The minimum absolute atomic E-state index is 0.0284. The quantitative estimate of drug-likeness (QED) is 0.863. The molecule has 2 fully saturated rings. The van der Waals surface area contributed by atoms with Crippen LogP contribution in [0.25, 0.3) is 5.69 Å². The van der Waals surface area contributed by atoms with Gasteiger partial charge in [-0.1, -0.05) is 24.6 Å². The van der Waals surface area contributed by atoms with Crippen molar-refractivity contribution in [2.45, 2.75) is 39.2 Å². The number of para-hydroxylation sites is 1. The Kier molecular flexibility index (Phi) is 4.34. The van der Waals surface area contributed by atoms with Crippen LogP contribution < -0.4 is 0 Å². The third-order valence-corrected chi connectivity index (χ3v) is 5.55. The molecule has 1 saturated carbocycles. The van der Waals surface area contributed by atoms with Gasteiger partial charge in [0.2, 0.25) is 5.91 Å². The summed E-state index contributed by atoms with van der Waals surface area (Å²) in [4.78, 5) is 14.9. The molecule has 2 heterocycles. The zero-order valence-electron chi connectivity index (χ0n) is 14.9. The summed E-state index contributed by atoms with van der Waals surface area (Å²) in [6.45, 7) is 5.97. The summed E-state index contributed by atoms with van der Waals surface area (Å²) in [6.07, 6.45) is 3.24. The topological polar surface area (TPSA) is 47.4 Å². The lowest BCUT2D eigenvalue weighted by atomic mass is 9.83. The molecule has 5 heteroatoms. The average molecular weight is 339 g/mol. The van der Waals surface area contributed by atoms with Crippen molar-refractivity contribution in [3.8, 4) is 5.69 Å². The number of hydrogen-bond acceptors (Lipinski definition) is 3. The lowest BCUT2D eigenvalue weighted by Crippen LogP contribution is -2.47. The van der Waals surface area contributed by atoms with Crippen LogP contribution in [0.1, 0.15) is 42.3 Å². The number of aromatic nitrogens is 2. The molecule has 1 saturated heterocycles. The Morgan fingerprint density at radius 1 is 1.20 bits per heavy atom. The summed E-state index contributed by atoms with van der Waals surface area (Å²) in [5, 5.41) is 4.75. The van der Waals surface area contributed by atoms with Gasteiger partial charge in [0.25, 0.3) is 0 Å². The number of carbonyl (C=O) groups excluding carboxylic acids is 1. The first-order chi connectivity index (χ1) is 12.2. The predicted octanol–water partition coefficient (Wildman–Crippen LogP) is 3.19. The first-order valence-electron chi connectivity index (χ1n) is 9.16. The van der Waals surface area contributed by atoms with Crippen LogP contribution in [0.5, 0.6) is 0 Å². The van der Waals surface area contributed by atoms with Gasteiger partial charge in [0.1, 0.15) is 0 Å². The fraction of sp³-hybridized carbons (Fsp3) is 0.500. The molecule has 2 aliphatic rings. The highest BCUT2D eigenvalue weighted by atomic mass is 16.5. The maximum Gasteiger partial charge on any atom is 0.226 e. The zero-order valence-corrected chi connectivity index (χ0v) is 14.9. The Labute approximate surface area is 148 Å². The second-order valence-corrected chi connectivity index (χ2v) is 7.08. The Balaban J connectivity index is 1.69. The summed E-state index contributed by atoms with van der Waals surface area (Å²) in [6, 6.07) is 10.1. The number of hydrogen-bond donors (Lipinski definition) is 0. The maximum atomic E-state index is 12.9. The fourth-order valence-electron chi connectivity index (χ4n) is 3.95. The van der Waals surface area contributed by atoms with E-state index in [1.54, 1.807) is 0 Å². The van der Waals surface area contributed by atoms with E-state index in [2.05, 4.69) is 19.1 Å². The molecule has 1 aliphatic heterocycles. The van der Waals surface area contributed by atoms with E-state index < -0.39 is 0 Å². The number of nitrogens with zero attached hydrogens (tertiary/aromatic N) is 3. The maximum absolute atomic E-state index is 12.9. The molecule has 1 amide bonds. The van der Waals surface area contributed by atoms with E-state index in [9.17, 15) is 4.79 Å². The highest BCUT2D eigenvalue weighted by Crippen LogP contribution is 2.35. The number of aryl methyl sites for hydroxylation is 1. The van der Waals surface area contributed by atoms with E-state index >= 15 is 0 Å². The van der Waals surface area contributed by atoms with Crippen molar-refractivity contribution in [1.82, 2.24) is 14.7 Å². The van der Waals surface area contributed by atoms with Crippen molar-refractivity contribution in [3.63, 3.8) is 0 Å². The van der Waals surface area contributed by atoms with Gasteiger partial charge in [-0.05, 0) is 38.8 Å². The van der Waals surface area contributed by atoms with Crippen LogP contribution in [0.15, 0.2) is 30.3 Å². The summed E-state index contributed by atoms with van der Waals surface area (Å²) >= 11 is 0. The highest BCUT2D eigenvalue weighted by Gasteiger charge is 2.37. The fourth-order valence-corrected chi connectivity index (χ4v) is 3.95. The molecule has 1 atom stereocenters. The van der Waals surface area contributed by atoms with Crippen LogP contribution in [-0.4, -0.2) is 40.3 Å². The van der Waals surface area contributed by atoms with Gasteiger partial charge in [-0.2, -0.15) is 5.10 Å². The molecule has 1 aromatic heterocycles. The average Bonchev–Trinajstić information content (AvgIpc) is 2.88. The Bertz CT molecular complexity index is 765. The van der Waals surface area contributed by atoms with Crippen LogP contribution in [-0.2, 0) is 9.53 Å². The standard InChI is InChI=1S/C20H25N3O2/c1-14-19(15(2)23(21-14)17-9-4-3-5-10-17)18-13-25-12-11-22(18)20(24)16-7-6-8-16/h3-5,9-10,16,18H,6-8,11-13H2,1-2H3. The normalized spacial score (nSPS) is 21.2. The molecule has 1 aromatic carbocycles. The van der Waals surface area contributed by atoms with Gasteiger partial charge in [0, 0.05) is 23.7 Å². The Hall–Kier alpha value is -2.14. The lowest BCUT2D eigenvalue weighted by Gasteiger charge is -2.40. The molecular weight excluding hydrogens is 314 g/mol. The molecular formula is C20H25N3O2. The predicted molar refractivity (Wildman–Crippen MR) is 95.7 cm³/mol. The number of morpholine rings is 1. The Morgan fingerprint density at radius 3 is 2.64 bits per heavy atom. The van der Waals surface area contributed by atoms with Crippen molar-refractivity contribution in [3.05, 3.63) is 47.3 Å². The molecule has 2 aromatic rings. The molecule has 0 spiro atoms. The summed E-state index contributed by atoms with van der Waals surface area (Å²) in [7, 11) is 0. The molecule has 25 heavy (non-hydrogen) atoms. The zero-order chi connectivity index (χ0) is 17.4. The molecule has 0 radical (unpaired) electrons. The highest BCUT2D eigenvalue weighted by molar-refractivity contribution is 5.80. The molecule has 1 unspecified atom stereocenters. The van der Waals surface area contributed by atoms with Crippen LogP contribution >= 0.6 is 0 Å². The van der Waals surface area contributed by atoms with Crippen LogP contribution in [0.4, 0.5) is 0 Å². The molecule has 4 rings (SSSR count). The van der Waals surface area contributed by atoms with E-state index in [0.717, 1.165) is 35.5 Å². The van der Waals surface area contributed by atoms with Gasteiger partial charge in [-0.3, -0.25) is 4.79 Å². The van der Waals surface area contributed by atoms with E-state index in [0.29, 0.717) is 25.7 Å². The number of rotatable bonds is 3. The van der Waals surface area contributed by atoms with Gasteiger partial charge in [-0.25, -0.2) is 4.68 Å². The Morgan fingerprint density at radius 2 is 1.96 bits per heavy atom. The molecule has 1 aliphatic carbocycles. The van der Waals surface area contributed by atoms with Crippen LogP contribution in [0.3, 0.4) is 0 Å². The van der Waals surface area contributed by atoms with Crippen molar-refractivity contribution >= 4 is 5.91 Å². The van der Waals surface area contributed by atoms with Gasteiger partial charge < -0.3 is 9.64 Å². The minimum atomic E-state index is -0.0284. The smallest absolute Gasteiger partial charge is 0.226 e. The van der Waals surface area contributed by atoms with Crippen molar-refractivity contribution < 1.29 is 9.53 Å². The SMILES string of the molecule is Cc1nn(-c2ccccc2)c(C)c1C1COCCN1C(=O)C1CCC1. The lowest BCUT2D eigenvalue weighted by molar-refractivity contribution is -0.147. The van der Waals surface area contributed by atoms with Crippen molar-refractivity contribution in [2.24, 2.45) is 5.92 Å². The summed E-state index contributed by atoms with van der Waals surface area (Å²) < 4.78 is 7.72. The molecule has 5 nitrogen and oxygen atoms in total. The number of carbonyl (C=O) groups is 1. The van der Waals surface area contributed by atoms with Gasteiger partial charge >= 0.3 is 0 Å². The van der Waals surface area contributed by atoms with E-state index in [1.165, 1.54) is 6.42 Å². The first-order valence-corrected chi connectivity index (χ1v) is 9.16. The van der Waals surface area contributed by atoms with Crippen molar-refractivity contribution in [2.75, 3.05) is 19.8 Å². The van der Waals surface area contributed by atoms with Crippen LogP contribution in [0, 0.1) is 19.8 Å². The van der Waals surface area contributed by atoms with Gasteiger partial charge in [0.15, 0.2) is 0 Å².